The van der Waals surface area contributed by atoms with Crippen molar-refractivity contribution < 1.29 is 4.74 Å². The molecule has 2 N–H and O–H groups in total. The average Bonchev–Trinajstić information content (AvgIpc) is 2.88. The minimum atomic E-state index is 0.185. The van der Waals surface area contributed by atoms with Gasteiger partial charge >= 0.3 is 0 Å². The van der Waals surface area contributed by atoms with Gasteiger partial charge in [0.15, 0.2) is 0 Å². The van der Waals surface area contributed by atoms with Gasteiger partial charge < -0.3 is 15.4 Å². The van der Waals surface area contributed by atoms with Crippen LogP contribution in [-0.2, 0) is 4.74 Å². The van der Waals surface area contributed by atoms with E-state index in [9.17, 15) is 0 Å². The maximum atomic E-state index is 5.73. The monoisotopic (exact) mass is 248 g/mol. The van der Waals surface area contributed by atoms with Gasteiger partial charge in [0.2, 0.25) is 0 Å². The van der Waals surface area contributed by atoms with Crippen molar-refractivity contribution in [2.45, 2.75) is 25.4 Å². The second-order valence-corrected chi connectivity index (χ2v) is 4.97. The molecule has 3 nitrogen and oxygen atoms in total. The van der Waals surface area contributed by atoms with E-state index in [0.717, 1.165) is 26.2 Å². The van der Waals surface area contributed by atoms with E-state index in [2.05, 4.69) is 35.2 Å². The van der Waals surface area contributed by atoms with Crippen molar-refractivity contribution in [3.63, 3.8) is 0 Å². The van der Waals surface area contributed by atoms with E-state index in [-0.39, 0.29) is 6.10 Å². The van der Waals surface area contributed by atoms with Crippen molar-refractivity contribution >= 4 is 0 Å². The second-order valence-electron chi connectivity index (χ2n) is 4.97. The Labute approximate surface area is 110 Å². The molecule has 1 aromatic rings. The lowest BCUT2D eigenvalue weighted by Gasteiger charge is -2.22. The summed E-state index contributed by atoms with van der Waals surface area (Å²) in [5.74, 6) is 0.672. The Hall–Kier alpha value is -0.900. The molecular formula is C15H24N2O. The van der Waals surface area contributed by atoms with Crippen LogP contribution in [0.3, 0.4) is 0 Å². The van der Waals surface area contributed by atoms with Crippen molar-refractivity contribution in [1.29, 1.82) is 0 Å². The first-order valence-electron chi connectivity index (χ1n) is 6.92. The zero-order valence-electron chi connectivity index (χ0n) is 11.2. The Morgan fingerprint density at radius 2 is 2.17 bits per heavy atom. The molecule has 0 bridgehead atoms. The number of likely N-dealkylation sites (tertiary alicyclic amines) is 1. The van der Waals surface area contributed by atoms with Gasteiger partial charge in [-0.05, 0) is 31.4 Å². The third-order valence-electron chi connectivity index (χ3n) is 3.67. The van der Waals surface area contributed by atoms with Crippen molar-refractivity contribution in [3.8, 4) is 0 Å². The fourth-order valence-electron chi connectivity index (χ4n) is 2.71. The summed E-state index contributed by atoms with van der Waals surface area (Å²) in [6.45, 7) is 6.64. The minimum absolute atomic E-state index is 0.185. The second kappa shape index (κ2) is 6.88. The number of ether oxygens (including phenoxy) is 1. The summed E-state index contributed by atoms with van der Waals surface area (Å²) >= 11 is 0. The zero-order valence-corrected chi connectivity index (χ0v) is 11.2. The molecule has 0 aromatic heterocycles. The first-order chi connectivity index (χ1) is 8.83. The smallest absolute Gasteiger partial charge is 0.0823 e. The predicted octanol–water partition coefficient (Wildman–Crippen LogP) is 1.84. The van der Waals surface area contributed by atoms with E-state index >= 15 is 0 Å². The Balaban J connectivity index is 1.85. The molecule has 1 aromatic carbocycles. The lowest BCUT2D eigenvalue weighted by molar-refractivity contribution is 0.0445. The van der Waals surface area contributed by atoms with E-state index in [4.69, 9.17) is 10.5 Å². The molecule has 2 rings (SSSR count). The zero-order chi connectivity index (χ0) is 12.8. The maximum absolute atomic E-state index is 5.73. The molecule has 2 atom stereocenters. The molecule has 100 valence electrons. The fraction of sp³-hybridized carbons (Fsp3) is 0.600. The van der Waals surface area contributed by atoms with Gasteiger partial charge in [-0.15, -0.1) is 0 Å². The molecule has 0 spiro atoms. The molecule has 1 fully saturated rings. The lowest BCUT2D eigenvalue weighted by atomic mass is 9.99. The van der Waals surface area contributed by atoms with Gasteiger partial charge in [-0.3, -0.25) is 0 Å². The van der Waals surface area contributed by atoms with Gasteiger partial charge in [0.25, 0.3) is 0 Å². The van der Waals surface area contributed by atoms with Crippen LogP contribution < -0.4 is 5.73 Å². The molecule has 0 radical (unpaired) electrons. The van der Waals surface area contributed by atoms with Crippen LogP contribution >= 0.6 is 0 Å². The van der Waals surface area contributed by atoms with Crippen LogP contribution in [0.1, 0.15) is 24.8 Å². The summed E-state index contributed by atoms with van der Waals surface area (Å²) in [5.41, 5.74) is 7.19. The molecule has 18 heavy (non-hydrogen) atoms. The summed E-state index contributed by atoms with van der Waals surface area (Å²) in [7, 11) is 0. The van der Waals surface area contributed by atoms with Crippen LogP contribution in [-0.4, -0.2) is 43.8 Å². The predicted molar refractivity (Wildman–Crippen MR) is 74.7 cm³/mol. The highest BCUT2D eigenvalue weighted by molar-refractivity contribution is 5.20. The highest BCUT2D eigenvalue weighted by Gasteiger charge is 2.25. The Kier molecular flexibility index (Phi) is 5.17. The van der Waals surface area contributed by atoms with Gasteiger partial charge in [-0.1, -0.05) is 30.3 Å². The summed E-state index contributed by atoms with van der Waals surface area (Å²) in [4.78, 5) is 2.48. The number of rotatable bonds is 6. The van der Waals surface area contributed by atoms with Crippen molar-refractivity contribution in [2.24, 2.45) is 5.73 Å². The standard InChI is InChI=1S/C15H24N2O/c1-2-18-15(10-16)12-17-9-8-14(11-17)13-6-4-3-5-7-13/h3-7,14-15H,2,8-12,16H2,1H3. The van der Waals surface area contributed by atoms with Crippen LogP contribution in [0.4, 0.5) is 0 Å². The third-order valence-corrected chi connectivity index (χ3v) is 3.67. The van der Waals surface area contributed by atoms with Crippen molar-refractivity contribution in [3.05, 3.63) is 35.9 Å². The normalized spacial score (nSPS) is 22.2. The topological polar surface area (TPSA) is 38.5 Å². The van der Waals surface area contributed by atoms with E-state index in [1.54, 1.807) is 0 Å². The highest BCUT2D eigenvalue weighted by Crippen LogP contribution is 2.26. The van der Waals surface area contributed by atoms with Gasteiger partial charge in [0.1, 0.15) is 0 Å². The Morgan fingerprint density at radius 1 is 1.39 bits per heavy atom. The fourth-order valence-corrected chi connectivity index (χ4v) is 2.71. The third kappa shape index (κ3) is 3.55. The number of hydrogen-bond donors (Lipinski definition) is 1. The highest BCUT2D eigenvalue weighted by atomic mass is 16.5. The van der Waals surface area contributed by atoms with Crippen LogP contribution in [0, 0.1) is 0 Å². The quantitative estimate of drug-likeness (QED) is 0.835. The summed E-state index contributed by atoms with van der Waals surface area (Å²) < 4.78 is 5.63. The van der Waals surface area contributed by atoms with E-state index in [1.807, 2.05) is 6.92 Å². The molecule has 1 aliphatic rings. The van der Waals surface area contributed by atoms with Crippen LogP contribution in [0.25, 0.3) is 0 Å². The van der Waals surface area contributed by atoms with Gasteiger partial charge in [0, 0.05) is 26.2 Å². The van der Waals surface area contributed by atoms with Gasteiger partial charge in [-0.25, -0.2) is 0 Å². The Morgan fingerprint density at radius 3 is 2.83 bits per heavy atom. The minimum Gasteiger partial charge on any atom is -0.376 e. The van der Waals surface area contributed by atoms with Crippen molar-refractivity contribution in [2.75, 3.05) is 32.8 Å². The maximum Gasteiger partial charge on any atom is 0.0823 e. The summed E-state index contributed by atoms with van der Waals surface area (Å²) in [5, 5.41) is 0. The van der Waals surface area contributed by atoms with Crippen LogP contribution in [0.2, 0.25) is 0 Å². The number of nitrogens with two attached hydrogens (primary N) is 1. The van der Waals surface area contributed by atoms with Crippen LogP contribution in [0.5, 0.6) is 0 Å². The lowest BCUT2D eigenvalue weighted by Crippen LogP contribution is -2.37. The molecule has 0 saturated carbocycles. The van der Waals surface area contributed by atoms with Gasteiger partial charge in [-0.2, -0.15) is 0 Å². The van der Waals surface area contributed by atoms with Gasteiger partial charge in [0.05, 0.1) is 6.10 Å². The molecule has 1 heterocycles. The Bertz CT molecular complexity index is 342. The summed E-state index contributed by atoms with van der Waals surface area (Å²) in [6.07, 6.45) is 1.43. The van der Waals surface area contributed by atoms with Crippen LogP contribution in [0.15, 0.2) is 30.3 Å². The first kappa shape index (κ1) is 13.5. The molecule has 3 heteroatoms. The first-order valence-corrected chi connectivity index (χ1v) is 6.92. The van der Waals surface area contributed by atoms with Crippen molar-refractivity contribution in [1.82, 2.24) is 4.90 Å². The van der Waals surface area contributed by atoms with E-state index < -0.39 is 0 Å². The summed E-state index contributed by atoms with van der Waals surface area (Å²) in [6, 6.07) is 10.8. The molecule has 2 unspecified atom stereocenters. The average molecular weight is 248 g/mol. The molecule has 0 aliphatic carbocycles. The number of nitrogens with zero attached hydrogens (tertiary/aromatic N) is 1. The van der Waals surface area contributed by atoms with E-state index in [0.29, 0.717) is 12.5 Å². The van der Waals surface area contributed by atoms with E-state index in [1.165, 1.54) is 12.0 Å². The largest absolute Gasteiger partial charge is 0.376 e. The molecule has 1 aliphatic heterocycles. The SMILES string of the molecule is CCOC(CN)CN1CCC(c2ccccc2)C1. The molecule has 1 saturated heterocycles. The molecular weight excluding hydrogens is 224 g/mol. The number of benzene rings is 1. The molecule has 0 amide bonds. The number of hydrogen-bond acceptors (Lipinski definition) is 3.